The van der Waals surface area contributed by atoms with E-state index < -0.39 is 17.5 Å². The number of allylic oxidation sites excluding steroid dienone is 1. The molecular formula is C16H16O6. The number of ether oxygens (including phenoxy) is 4. The summed E-state index contributed by atoms with van der Waals surface area (Å²) in [6, 6.07) is 0. The zero-order valence-corrected chi connectivity index (χ0v) is 12.2. The lowest BCUT2D eigenvalue weighted by Gasteiger charge is -2.51. The van der Waals surface area contributed by atoms with Crippen molar-refractivity contribution in [1.82, 2.24) is 0 Å². The monoisotopic (exact) mass is 304 g/mol. The molecule has 0 radical (unpaired) electrons. The second-order valence-electron chi connectivity index (χ2n) is 6.60. The van der Waals surface area contributed by atoms with Gasteiger partial charge in [-0.15, -0.1) is 0 Å². The molecule has 2 bridgehead atoms. The predicted octanol–water partition coefficient (Wildman–Crippen LogP) is 0.226. The van der Waals surface area contributed by atoms with Crippen LogP contribution in [0.4, 0.5) is 0 Å². The number of fused-ring (bicyclic) bond motifs is 10. The lowest BCUT2D eigenvalue weighted by atomic mass is 9.49. The number of epoxide rings is 1. The third kappa shape index (κ3) is 1.18. The van der Waals surface area contributed by atoms with Gasteiger partial charge in [-0.05, 0) is 5.92 Å². The maximum absolute atomic E-state index is 12.2. The van der Waals surface area contributed by atoms with Gasteiger partial charge in [0.1, 0.15) is 6.10 Å². The van der Waals surface area contributed by atoms with Crippen molar-refractivity contribution in [1.29, 1.82) is 0 Å². The lowest BCUT2D eigenvalue weighted by Crippen LogP contribution is -2.57. The van der Waals surface area contributed by atoms with Crippen molar-refractivity contribution in [2.24, 2.45) is 23.7 Å². The zero-order chi connectivity index (χ0) is 15.2. The summed E-state index contributed by atoms with van der Waals surface area (Å²) in [6.45, 7) is 0. The van der Waals surface area contributed by atoms with Crippen molar-refractivity contribution in [2.45, 2.75) is 23.9 Å². The summed E-state index contributed by atoms with van der Waals surface area (Å²) >= 11 is 0. The maximum Gasteiger partial charge on any atom is 0.345 e. The SMILES string of the molecule is COC(=O)C1=C[C@@H]2[C@@H]3[C@H]([C@@H]2[C@@H]2O[C@]12C(=O)OC)[C@H]1C=C[C@@H]3O1. The van der Waals surface area contributed by atoms with E-state index in [0.29, 0.717) is 17.4 Å². The van der Waals surface area contributed by atoms with E-state index in [1.54, 1.807) is 0 Å². The third-order valence-corrected chi connectivity index (χ3v) is 6.00. The van der Waals surface area contributed by atoms with Crippen molar-refractivity contribution in [3.63, 3.8) is 0 Å². The minimum Gasteiger partial charge on any atom is -0.467 e. The second-order valence-corrected chi connectivity index (χ2v) is 6.60. The molecule has 5 aliphatic rings. The molecule has 22 heavy (non-hydrogen) atoms. The Morgan fingerprint density at radius 1 is 1.09 bits per heavy atom. The molecule has 0 amide bonds. The summed E-state index contributed by atoms with van der Waals surface area (Å²) in [4.78, 5) is 24.4. The average Bonchev–Trinajstić information content (AvgIpc) is 2.95. The number of hydrogen-bond donors (Lipinski definition) is 0. The number of hydrogen-bond acceptors (Lipinski definition) is 6. The molecule has 1 saturated carbocycles. The predicted molar refractivity (Wildman–Crippen MR) is 71.5 cm³/mol. The van der Waals surface area contributed by atoms with Crippen LogP contribution in [0.1, 0.15) is 0 Å². The van der Waals surface area contributed by atoms with Gasteiger partial charge in [0, 0.05) is 17.8 Å². The molecule has 3 aliphatic heterocycles. The first kappa shape index (κ1) is 12.8. The fourth-order valence-electron chi connectivity index (χ4n) is 5.12. The van der Waals surface area contributed by atoms with E-state index in [1.165, 1.54) is 14.2 Å². The van der Waals surface area contributed by atoms with Gasteiger partial charge in [0.05, 0.1) is 32.0 Å². The molecule has 0 aromatic rings. The molecule has 6 nitrogen and oxygen atoms in total. The van der Waals surface area contributed by atoms with Crippen LogP contribution in [0, 0.1) is 23.7 Å². The Morgan fingerprint density at radius 2 is 1.82 bits per heavy atom. The van der Waals surface area contributed by atoms with E-state index in [1.807, 2.05) is 6.08 Å². The van der Waals surface area contributed by atoms with Crippen LogP contribution in [0.3, 0.4) is 0 Å². The van der Waals surface area contributed by atoms with Gasteiger partial charge < -0.3 is 18.9 Å². The van der Waals surface area contributed by atoms with Crippen LogP contribution in [-0.2, 0) is 28.5 Å². The van der Waals surface area contributed by atoms with Crippen LogP contribution in [0.25, 0.3) is 0 Å². The molecule has 8 atom stereocenters. The van der Waals surface area contributed by atoms with Crippen LogP contribution >= 0.6 is 0 Å². The van der Waals surface area contributed by atoms with Gasteiger partial charge in [-0.2, -0.15) is 0 Å². The summed E-state index contributed by atoms with van der Waals surface area (Å²) in [7, 11) is 2.62. The Bertz CT molecular complexity index is 651. The number of rotatable bonds is 2. The normalized spacial score (nSPS) is 51.9. The number of carbonyl (C=O) groups is 2. The molecule has 2 saturated heterocycles. The maximum atomic E-state index is 12.2. The number of carbonyl (C=O) groups excluding carboxylic acids is 2. The highest BCUT2D eigenvalue weighted by Crippen LogP contribution is 2.68. The standard InChI is InChI=1S/C16H16O6/c1-19-14(17)7-5-6-10-8-3-4-9(21-8)12(10)11(6)13-16(7,22-13)15(18)20-2/h3-6,8-13H,1-2H3/t6-,8+,9-,10+,11-,12-,13+,16-/m1/s1. The summed E-state index contributed by atoms with van der Waals surface area (Å²) in [5, 5.41) is 0. The van der Waals surface area contributed by atoms with Gasteiger partial charge in [-0.25, -0.2) is 9.59 Å². The Kier molecular flexibility index (Phi) is 2.22. The smallest absolute Gasteiger partial charge is 0.345 e. The van der Waals surface area contributed by atoms with Crippen molar-refractivity contribution in [3.8, 4) is 0 Å². The van der Waals surface area contributed by atoms with Crippen LogP contribution in [0.5, 0.6) is 0 Å². The Balaban J connectivity index is 1.58. The van der Waals surface area contributed by atoms with E-state index in [0.717, 1.165) is 0 Å². The molecule has 3 heterocycles. The summed E-state index contributed by atoms with van der Waals surface area (Å²) in [6.07, 6.45) is 6.00. The molecule has 6 heteroatoms. The minimum absolute atomic E-state index is 0.115. The van der Waals surface area contributed by atoms with Crippen molar-refractivity contribution in [2.75, 3.05) is 14.2 Å². The highest BCUT2D eigenvalue weighted by Gasteiger charge is 2.79. The quantitative estimate of drug-likeness (QED) is 0.413. The van der Waals surface area contributed by atoms with E-state index in [-0.39, 0.29) is 30.1 Å². The van der Waals surface area contributed by atoms with Gasteiger partial charge in [0.25, 0.3) is 0 Å². The molecule has 2 aliphatic carbocycles. The lowest BCUT2D eigenvalue weighted by molar-refractivity contribution is -0.149. The molecule has 0 unspecified atom stereocenters. The molecule has 3 fully saturated rings. The Labute approximate surface area is 127 Å². The van der Waals surface area contributed by atoms with Crippen molar-refractivity contribution in [3.05, 3.63) is 23.8 Å². The van der Waals surface area contributed by atoms with Crippen molar-refractivity contribution >= 4 is 11.9 Å². The number of esters is 2. The first-order valence-corrected chi connectivity index (χ1v) is 7.54. The molecular weight excluding hydrogens is 288 g/mol. The fraction of sp³-hybridized carbons (Fsp3) is 0.625. The minimum atomic E-state index is -1.26. The van der Waals surface area contributed by atoms with Crippen LogP contribution in [-0.4, -0.2) is 50.1 Å². The van der Waals surface area contributed by atoms with E-state index >= 15 is 0 Å². The fourth-order valence-corrected chi connectivity index (χ4v) is 5.12. The average molecular weight is 304 g/mol. The van der Waals surface area contributed by atoms with Gasteiger partial charge in [0.2, 0.25) is 5.60 Å². The molecule has 0 aromatic carbocycles. The van der Waals surface area contributed by atoms with Gasteiger partial charge in [-0.3, -0.25) is 0 Å². The first-order valence-electron chi connectivity index (χ1n) is 7.54. The van der Waals surface area contributed by atoms with Gasteiger partial charge in [0.15, 0.2) is 0 Å². The Morgan fingerprint density at radius 3 is 2.50 bits per heavy atom. The van der Waals surface area contributed by atoms with Crippen LogP contribution < -0.4 is 0 Å². The van der Waals surface area contributed by atoms with Crippen molar-refractivity contribution < 1.29 is 28.5 Å². The van der Waals surface area contributed by atoms with Crippen LogP contribution in [0.2, 0.25) is 0 Å². The van der Waals surface area contributed by atoms with Gasteiger partial charge >= 0.3 is 11.9 Å². The third-order valence-electron chi connectivity index (χ3n) is 6.00. The van der Waals surface area contributed by atoms with E-state index in [2.05, 4.69) is 12.2 Å². The number of methoxy groups -OCH3 is 2. The highest BCUT2D eigenvalue weighted by atomic mass is 16.7. The zero-order valence-electron chi connectivity index (χ0n) is 12.2. The molecule has 5 rings (SSSR count). The van der Waals surface area contributed by atoms with E-state index in [4.69, 9.17) is 18.9 Å². The summed E-state index contributed by atoms with van der Waals surface area (Å²) in [5.41, 5.74) is -0.974. The molecule has 0 spiro atoms. The molecule has 0 aromatic heterocycles. The highest BCUT2D eigenvalue weighted by molar-refractivity contribution is 6.03. The summed E-state index contributed by atoms with van der Waals surface area (Å²) in [5.74, 6) is 0.110. The van der Waals surface area contributed by atoms with Crippen LogP contribution in [0.15, 0.2) is 23.8 Å². The summed E-state index contributed by atoms with van der Waals surface area (Å²) < 4.78 is 21.4. The first-order chi connectivity index (χ1) is 10.6. The van der Waals surface area contributed by atoms with Gasteiger partial charge in [-0.1, -0.05) is 18.2 Å². The van der Waals surface area contributed by atoms with E-state index in [9.17, 15) is 9.59 Å². The molecule has 116 valence electrons. The second kappa shape index (κ2) is 3.81. The molecule has 0 N–H and O–H groups in total. The topological polar surface area (TPSA) is 74.4 Å². The largest absolute Gasteiger partial charge is 0.467 e. The Hall–Kier alpha value is -1.66.